The summed E-state index contributed by atoms with van der Waals surface area (Å²) < 4.78 is 6.81. The van der Waals surface area contributed by atoms with E-state index in [1.54, 1.807) is 18.9 Å². The smallest absolute Gasteiger partial charge is 0.314 e. The Hall–Kier alpha value is -2.71. The average molecular weight is 333 g/mol. The van der Waals surface area contributed by atoms with Crippen LogP contribution in [0.2, 0.25) is 0 Å². The molecular formula is C15H19N5O4. The fourth-order valence-electron chi connectivity index (χ4n) is 2.85. The van der Waals surface area contributed by atoms with E-state index in [9.17, 15) is 14.4 Å². The Bertz CT molecular complexity index is 870. The summed E-state index contributed by atoms with van der Waals surface area (Å²) in [7, 11) is 1.68. The first kappa shape index (κ1) is 16.2. The number of nitrogens with one attached hydrogen (secondary N) is 1. The number of carbonyl (C=O) groups is 2. The first-order valence-corrected chi connectivity index (χ1v) is 7.64. The van der Waals surface area contributed by atoms with Crippen molar-refractivity contribution in [3.8, 4) is 0 Å². The minimum absolute atomic E-state index is 0.0563. The highest BCUT2D eigenvalue weighted by molar-refractivity contribution is 5.80. The summed E-state index contributed by atoms with van der Waals surface area (Å²) in [6.45, 7) is 4.00. The molecule has 2 aromatic rings. The summed E-state index contributed by atoms with van der Waals surface area (Å²) >= 11 is 0. The highest BCUT2D eigenvalue weighted by Crippen LogP contribution is 2.31. The van der Waals surface area contributed by atoms with Crippen LogP contribution >= 0.6 is 0 Å². The van der Waals surface area contributed by atoms with Gasteiger partial charge in [0, 0.05) is 27.1 Å². The van der Waals surface area contributed by atoms with Crippen LogP contribution in [0.3, 0.4) is 0 Å². The van der Waals surface area contributed by atoms with Crippen molar-refractivity contribution in [2.45, 2.75) is 26.9 Å². The van der Waals surface area contributed by atoms with Crippen molar-refractivity contribution in [3.63, 3.8) is 0 Å². The van der Waals surface area contributed by atoms with Gasteiger partial charge in [-0.25, -0.2) is 4.98 Å². The number of hydrogen-bond acceptors (Lipinski definition) is 6. The Balaban J connectivity index is 1.72. The molecule has 128 valence electrons. The van der Waals surface area contributed by atoms with Gasteiger partial charge in [0.25, 0.3) is 5.56 Å². The van der Waals surface area contributed by atoms with Gasteiger partial charge in [0.05, 0.1) is 11.6 Å². The molecule has 1 saturated heterocycles. The monoisotopic (exact) mass is 333 g/mol. The van der Waals surface area contributed by atoms with E-state index >= 15 is 0 Å². The summed E-state index contributed by atoms with van der Waals surface area (Å²) in [6, 6.07) is 0. The van der Waals surface area contributed by atoms with Crippen molar-refractivity contribution >= 4 is 22.9 Å². The zero-order valence-electron chi connectivity index (χ0n) is 13.8. The second kappa shape index (κ2) is 5.73. The van der Waals surface area contributed by atoms with Crippen molar-refractivity contribution in [1.29, 1.82) is 0 Å². The fraction of sp³-hybridized carbons (Fsp3) is 0.533. The number of rotatable bonds is 3. The normalized spacial score (nSPS) is 20.5. The molecule has 9 heteroatoms. The molecule has 1 unspecified atom stereocenters. The third-order valence-electron chi connectivity index (χ3n) is 4.40. The molecule has 0 radical (unpaired) electrons. The first-order valence-electron chi connectivity index (χ1n) is 7.64. The molecule has 0 aromatic carbocycles. The fourth-order valence-corrected chi connectivity index (χ4v) is 2.85. The quantitative estimate of drug-likeness (QED) is 0.789. The van der Waals surface area contributed by atoms with Crippen LogP contribution in [0.25, 0.3) is 11.0 Å². The molecule has 1 atom stereocenters. The largest absolute Gasteiger partial charge is 0.457 e. The maximum Gasteiger partial charge on any atom is 0.314 e. The van der Waals surface area contributed by atoms with Gasteiger partial charge in [-0.2, -0.15) is 5.10 Å². The summed E-state index contributed by atoms with van der Waals surface area (Å²) in [5, 5.41) is 4.36. The number of amides is 1. The molecule has 1 aliphatic rings. The molecule has 24 heavy (non-hydrogen) atoms. The van der Waals surface area contributed by atoms with Gasteiger partial charge < -0.3 is 14.6 Å². The topological polar surface area (TPSA) is 110 Å². The van der Waals surface area contributed by atoms with E-state index in [-0.39, 0.29) is 23.9 Å². The van der Waals surface area contributed by atoms with Gasteiger partial charge in [-0.1, -0.05) is 0 Å². The second-order valence-corrected chi connectivity index (χ2v) is 6.35. The Kier molecular flexibility index (Phi) is 3.86. The molecular weight excluding hydrogens is 314 g/mol. The van der Waals surface area contributed by atoms with Gasteiger partial charge in [0.2, 0.25) is 5.91 Å². The van der Waals surface area contributed by atoms with Crippen LogP contribution < -0.4 is 5.56 Å². The molecule has 0 spiro atoms. The lowest BCUT2D eigenvalue weighted by Crippen LogP contribution is -2.35. The minimum atomic E-state index is -0.734. The van der Waals surface area contributed by atoms with E-state index in [0.29, 0.717) is 30.5 Å². The van der Waals surface area contributed by atoms with Crippen LogP contribution in [0.1, 0.15) is 26.1 Å². The van der Waals surface area contributed by atoms with Gasteiger partial charge >= 0.3 is 5.97 Å². The number of aryl methyl sites for hydroxylation is 1. The van der Waals surface area contributed by atoms with Crippen molar-refractivity contribution in [2.24, 2.45) is 12.5 Å². The number of nitrogens with zero attached hydrogens (tertiary/aromatic N) is 4. The van der Waals surface area contributed by atoms with E-state index < -0.39 is 11.4 Å². The number of ether oxygens (including phenoxy) is 1. The van der Waals surface area contributed by atoms with Crippen molar-refractivity contribution in [3.05, 3.63) is 22.4 Å². The Labute approximate surface area is 137 Å². The number of esters is 1. The van der Waals surface area contributed by atoms with Gasteiger partial charge in [0.1, 0.15) is 17.8 Å². The lowest BCUT2D eigenvalue weighted by atomic mass is 9.90. The zero-order chi connectivity index (χ0) is 17.5. The van der Waals surface area contributed by atoms with Crippen molar-refractivity contribution in [1.82, 2.24) is 24.6 Å². The predicted octanol–water partition coefficient (Wildman–Crippen LogP) is -0.0417. The first-order chi connectivity index (χ1) is 11.3. The third kappa shape index (κ3) is 2.77. The molecule has 0 aliphatic carbocycles. The van der Waals surface area contributed by atoms with E-state index in [0.717, 1.165) is 0 Å². The number of fused-ring (bicyclic) bond motifs is 1. The van der Waals surface area contributed by atoms with Gasteiger partial charge in [-0.05, 0) is 13.3 Å². The zero-order valence-corrected chi connectivity index (χ0v) is 13.8. The molecule has 1 amide bonds. The Morgan fingerprint density at radius 3 is 2.88 bits per heavy atom. The maximum absolute atomic E-state index is 12.4. The number of aromatic amines is 1. The van der Waals surface area contributed by atoms with E-state index in [2.05, 4.69) is 15.1 Å². The van der Waals surface area contributed by atoms with Crippen LogP contribution in [0.15, 0.2) is 11.0 Å². The van der Waals surface area contributed by atoms with Crippen LogP contribution in [-0.2, 0) is 28.0 Å². The molecule has 9 nitrogen and oxygen atoms in total. The number of H-pyrrole nitrogens is 1. The lowest BCUT2D eigenvalue weighted by Gasteiger charge is -2.22. The number of hydrogen-bond donors (Lipinski definition) is 1. The van der Waals surface area contributed by atoms with Crippen molar-refractivity contribution < 1.29 is 14.3 Å². The highest BCUT2D eigenvalue weighted by atomic mass is 16.5. The SMILES string of the molecule is CC(=O)N1CCC(C)(C(=O)OCc2nc3c(cnn3C)c(=O)[nH]2)C1. The number of likely N-dealkylation sites (tertiary alicyclic amines) is 1. The van der Waals surface area contributed by atoms with Gasteiger partial charge in [-0.15, -0.1) is 0 Å². The Morgan fingerprint density at radius 2 is 2.21 bits per heavy atom. The predicted molar refractivity (Wildman–Crippen MR) is 83.9 cm³/mol. The van der Waals surface area contributed by atoms with Crippen LogP contribution in [0, 0.1) is 5.41 Å². The van der Waals surface area contributed by atoms with Crippen LogP contribution in [-0.4, -0.2) is 49.6 Å². The molecule has 2 aromatic heterocycles. The maximum atomic E-state index is 12.4. The van der Waals surface area contributed by atoms with Crippen molar-refractivity contribution in [2.75, 3.05) is 13.1 Å². The lowest BCUT2D eigenvalue weighted by molar-refractivity contribution is -0.156. The second-order valence-electron chi connectivity index (χ2n) is 6.35. The summed E-state index contributed by atoms with van der Waals surface area (Å²) in [5.74, 6) is -0.201. The summed E-state index contributed by atoms with van der Waals surface area (Å²) in [6.07, 6.45) is 1.99. The van der Waals surface area contributed by atoms with Crippen LogP contribution in [0.4, 0.5) is 0 Å². The number of aromatic nitrogens is 4. The number of carbonyl (C=O) groups excluding carboxylic acids is 2. The standard InChI is InChI=1S/C15H19N5O4/c1-9(21)20-5-4-15(2,8-20)14(23)24-7-11-17-12-10(13(22)18-11)6-16-19(12)3/h6H,4-5,7-8H2,1-3H3,(H,17,18,22). The Morgan fingerprint density at radius 1 is 1.46 bits per heavy atom. The molecule has 3 heterocycles. The van der Waals surface area contributed by atoms with Gasteiger partial charge in [-0.3, -0.25) is 19.1 Å². The summed E-state index contributed by atoms with van der Waals surface area (Å²) in [5.41, 5.74) is -0.628. The summed E-state index contributed by atoms with van der Waals surface area (Å²) in [4.78, 5) is 44.2. The van der Waals surface area contributed by atoms with Crippen LogP contribution in [0.5, 0.6) is 0 Å². The van der Waals surface area contributed by atoms with E-state index in [1.165, 1.54) is 17.8 Å². The molecule has 1 fully saturated rings. The van der Waals surface area contributed by atoms with Gasteiger partial charge in [0.15, 0.2) is 5.65 Å². The van der Waals surface area contributed by atoms with E-state index in [1.807, 2.05) is 0 Å². The third-order valence-corrected chi connectivity index (χ3v) is 4.40. The molecule has 1 N–H and O–H groups in total. The minimum Gasteiger partial charge on any atom is -0.457 e. The van der Waals surface area contributed by atoms with E-state index in [4.69, 9.17) is 4.74 Å². The molecule has 1 aliphatic heterocycles. The highest BCUT2D eigenvalue weighted by Gasteiger charge is 2.42. The molecule has 3 rings (SSSR count). The molecule has 0 bridgehead atoms. The molecule has 0 saturated carbocycles. The average Bonchev–Trinajstić information content (AvgIpc) is 3.10.